The standard InChI is InChI=1S/C6H10N2OS.BrH/c1-5-2-8(4-10-5)3-6(7)9;/h2H,3-4H2,1H3,(H2,7,9);1H. The first-order valence-electron chi connectivity index (χ1n) is 3.02. The van der Waals surface area contributed by atoms with Gasteiger partial charge in [0.2, 0.25) is 5.91 Å². The minimum Gasteiger partial charge on any atom is -0.368 e. The zero-order valence-corrected chi connectivity index (χ0v) is 8.77. The molecule has 0 radical (unpaired) electrons. The molecule has 0 aliphatic carbocycles. The average Bonchev–Trinajstić information content (AvgIpc) is 2.13. The van der Waals surface area contributed by atoms with Crippen molar-refractivity contribution in [1.82, 2.24) is 4.90 Å². The van der Waals surface area contributed by atoms with Crippen LogP contribution in [-0.2, 0) is 4.79 Å². The van der Waals surface area contributed by atoms with Gasteiger partial charge in [-0.05, 0) is 11.8 Å². The molecule has 0 aromatic rings. The topological polar surface area (TPSA) is 46.3 Å². The number of carbonyl (C=O) groups excluding carboxylic acids is 1. The molecule has 0 aromatic heterocycles. The van der Waals surface area contributed by atoms with Crippen LogP contribution in [0.15, 0.2) is 11.1 Å². The molecule has 5 heteroatoms. The summed E-state index contributed by atoms with van der Waals surface area (Å²) in [5, 5.41) is 0. The summed E-state index contributed by atoms with van der Waals surface area (Å²) in [6, 6.07) is 0. The highest BCUT2D eigenvalue weighted by atomic mass is 79.9. The molecule has 1 heterocycles. The van der Waals surface area contributed by atoms with Gasteiger partial charge in [0.25, 0.3) is 0 Å². The summed E-state index contributed by atoms with van der Waals surface area (Å²) in [6.07, 6.45) is 1.95. The van der Waals surface area contributed by atoms with Crippen LogP contribution in [0.1, 0.15) is 6.92 Å². The Morgan fingerprint density at radius 1 is 1.91 bits per heavy atom. The van der Waals surface area contributed by atoms with E-state index in [-0.39, 0.29) is 22.9 Å². The minimum absolute atomic E-state index is 0. The summed E-state index contributed by atoms with van der Waals surface area (Å²) in [7, 11) is 0. The fourth-order valence-corrected chi connectivity index (χ4v) is 1.57. The van der Waals surface area contributed by atoms with Crippen molar-refractivity contribution in [2.24, 2.45) is 5.73 Å². The first kappa shape index (κ1) is 10.8. The third kappa shape index (κ3) is 3.67. The lowest BCUT2D eigenvalue weighted by Crippen LogP contribution is -2.28. The van der Waals surface area contributed by atoms with Crippen LogP contribution in [0, 0.1) is 0 Å². The quantitative estimate of drug-likeness (QED) is 0.779. The van der Waals surface area contributed by atoms with Gasteiger partial charge in [-0.1, -0.05) is 0 Å². The minimum atomic E-state index is -0.272. The van der Waals surface area contributed by atoms with Crippen LogP contribution in [0.4, 0.5) is 0 Å². The van der Waals surface area contributed by atoms with Gasteiger partial charge in [0.05, 0.1) is 12.4 Å². The molecule has 0 fully saturated rings. The van der Waals surface area contributed by atoms with Crippen molar-refractivity contribution in [3.63, 3.8) is 0 Å². The molecule has 1 aliphatic rings. The molecule has 11 heavy (non-hydrogen) atoms. The summed E-state index contributed by atoms with van der Waals surface area (Å²) in [4.78, 5) is 13.5. The number of hydrogen-bond donors (Lipinski definition) is 1. The predicted molar refractivity (Wildman–Crippen MR) is 52.4 cm³/mol. The first-order valence-corrected chi connectivity index (χ1v) is 4.00. The highest BCUT2D eigenvalue weighted by Gasteiger charge is 2.10. The van der Waals surface area contributed by atoms with Crippen LogP contribution >= 0.6 is 28.7 Å². The lowest BCUT2D eigenvalue weighted by atomic mass is 10.5. The Bertz CT molecular complexity index is 183. The van der Waals surface area contributed by atoms with E-state index in [1.165, 1.54) is 4.91 Å². The average molecular weight is 239 g/mol. The SMILES string of the molecule is Br.CC1=CN(CC(N)=O)CS1. The van der Waals surface area contributed by atoms with Gasteiger partial charge in [-0.25, -0.2) is 0 Å². The molecule has 0 unspecified atom stereocenters. The van der Waals surface area contributed by atoms with Gasteiger partial charge in [-0.2, -0.15) is 0 Å². The van der Waals surface area contributed by atoms with Crippen molar-refractivity contribution in [3.8, 4) is 0 Å². The number of thioether (sulfide) groups is 1. The number of primary amides is 1. The summed E-state index contributed by atoms with van der Waals surface area (Å²) in [6.45, 7) is 2.36. The molecule has 0 saturated heterocycles. The maximum absolute atomic E-state index is 10.4. The van der Waals surface area contributed by atoms with Crippen molar-refractivity contribution in [2.45, 2.75) is 6.92 Å². The Morgan fingerprint density at radius 2 is 2.55 bits per heavy atom. The van der Waals surface area contributed by atoms with E-state index >= 15 is 0 Å². The molecule has 2 N–H and O–H groups in total. The summed E-state index contributed by atoms with van der Waals surface area (Å²) >= 11 is 1.73. The Kier molecular flexibility index (Phi) is 4.60. The van der Waals surface area contributed by atoms with Gasteiger partial charge in [-0.15, -0.1) is 28.7 Å². The second kappa shape index (κ2) is 4.66. The van der Waals surface area contributed by atoms with Gasteiger partial charge in [0.1, 0.15) is 0 Å². The third-order valence-electron chi connectivity index (χ3n) is 1.18. The van der Waals surface area contributed by atoms with E-state index in [4.69, 9.17) is 5.73 Å². The summed E-state index contributed by atoms with van der Waals surface area (Å²) < 4.78 is 0. The largest absolute Gasteiger partial charge is 0.368 e. The molecule has 0 atom stereocenters. The number of nitrogens with two attached hydrogens (primary N) is 1. The highest BCUT2D eigenvalue weighted by Crippen LogP contribution is 2.23. The number of rotatable bonds is 2. The number of nitrogens with zero attached hydrogens (tertiary/aromatic N) is 1. The lowest BCUT2D eigenvalue weighted by Gasteiger charge is -2.09. The number of allylic oxidation sites excluding steroid dienone is 1. The second-order valence-corrected chi connectivity index (χ2v) is 3.42. The normalized spacial score (nSPS) is 15.7. The molecule has 0 bridgehead atoms. The summed E-state index contributed by atoms with van der Waals surface area (Å²) in [5.41, 5.74) is 5.00. The first-order chi connectivity index (χ1) is 4.68. The molecule has 64 valence electrons. The van der Waals surface area contributed by atoms with E-state index in [1.807, 2.05) is 18.0 Å². The van der Waals surface area contributed by atoms with Crippen molar-refractivity contribution >= 4 is 34.7 Å². The third-order valence-corrected chi connectivity index (χ3v) is 2.20. The van der Waals surface area contributed by atoms with Gasteiger partial charge >= 0.3 is 0 Å². The molecule has 1 aliphatic heterocycles. The monoisotopic (exact) mass is 238 g/mol. The number of halogens is 1. The molecular weight excluding hydrogens is 228 g/mol. The van der Waals surface area contributed by atoms with E-state index in [2.05, 4.69) is 0 Å². The van der Waals surface area contributed by atoms with Crippen molar-refractivity contribution in [3.05, 3.63) is 11.1 Å². The van der Waals surface area contributed by atoms with E-state index in [1.54, 1.807) is 11.8 Å². The summed E-state index contributed by atoms with van der Waals surface area (Å²) in [5.74, 6) is 0.584. The molecule has 1 rings (SSSR count). The Hall–Kier alpha value is -0.160. The Balaban J connectivity index is 0.000001000. The zero-order valence-electron chi connectivity index (χ0n) is 6.24. The van der Waals surface area contributed by atoms with Crippen LogP contribution in [0.5, 0.6) is 0 Å². The fourth-order valence-electron chi connectivity index (χ4n) is 0.808. The van der Waals surface area contributed by atoms with Crippen LogP contribution < -0.4 is 5.73 Å². The molecule has 0 saturated carbocycles. The highest BCUT2D eigenvalue weighted by molar-refractivity contribution is 8.93. The second-order valence-electron chi connectivity index (χ2n) is 2.23. The van der Waals surface area contributed by atoms with Crippen molar-refractivity contribution in [2.75, 3.05) is 12.4 Å². The predicted octanol–water partition coefficient (Wildman–Crippen LogP) is 0.917. The molecular formula is C6H11BrN2OS. The van der Waals surface area contributed by atoms with E-state index < -0.39 is 0 Å². The number of amides is 1. The molecule has 3 nitrogen and oxygen atoms in total. The molecule has 0 aromatic carbocycles. The van der Waals surface area contributed by atoms with E-state index in [9.17, 15) is 4.79 Å². The Labute approximate surface area is 80.8 Å². The van der Waals surface area contributed by atoms with E-state index in [0.29, 0.717) is 6.54 Å². The fraction of sp³-hybridized carbons (Fsp3) is 0.500. The zero-order chi connectivity index (χ0) is 7.56. The number of carbonyl (C=O) groups is 1. The van der Waals surface area contributed by atoms with Crippen LogP contribution in [0.25, 0.3) is 0 Å². The van der Waals surface area contributed by atoms with Crippen LogP contribution in [0.3, 0.4) is 0 Å². The van der Waals surface area contributed by atoms with Gasteiger partial charge < -0.3 is 10.6 Å². The van der Waals surface area contributed by atoms with E-state index in [0.717, 1.165) is 5.88 Å². The maximum atomic E-state index is 10.4. The van der Waals surface area contributed by atoms with Crippen LogP contribution in [-0.4, -0.2) is 23.2 Å². The Morgan fingerprint density at radius 3 is 2.91 bits per heavy atom. The van der Waals surface area contributed by atoms with Crippen LogP contribution in [0.2, 0.25) is 0 Å². The van der Waals surface area contributed by atoms with Crippen molar-refractivity contribution in [1.29, 1.82) is 0 Å². The van der Waals surface area contributed by atoms with Crippen molar-refractivity contribution < 1.29 is 4.79 Å². The lowest BCUT2D eigenvalue weighted by molar-refractivity contribution is -0.118. The van der Waals surface area contributed by atoms with Gasteiger partial charge in [-0.3, -0.25) is 4.79 Å². The smallest absolute Gasteiger partial charge is 0.236 e. The van der Waals surface area contributed by atoms with Gasteiger partial charge in [0, 0.05) is 6.20 Å². The number of hydrogen-bond acceptors (Lipinski definition) is 3. The molecule has 1 amide bonds. The maximum Gasteiger partial charge on any atom is 0.236 e. The van der Waals surface area contributed by atoms with Gasteiger partial charge in [0.15, 0.2) is 0 Å². The molecule has 0 spiro atoms.